The van der Waals surface area contributed by atoms with Gasteiger partial charge in [-0.3, -0.25) is 4.90 Å². The highest BCUT2D eigenvalue weighted by molar-refractivity contribution is 5.39. The van der Waals surface area contributed by atoms with Gasteiger partial charge in [0.2, 0.25) is 0 Å². The lowest BCUT2D eigenvalue weighted by molar-refractivity contribution is 0.188. The number of aromatic nitrogens is 2. The van der Waals surface area contributed by atoms with Crippen molar-refractivity contribution >= 4 is 5.82 Å². The summed E-state index contributed by atoms with van der Waals surface area (Å²) < 4.78 is 0. The molecule has 5 heteroatoms. The van der Waals surface area contributed by atoms with Crippen molar-refractivity contribution in [2.75, 3.05) is 44.2 Å². The molecule has 1 aliphatic heterocycles. The molecule has 1 aliphatic rings. The summed E-state index contributed by atoms with van der Waals surface area (Å²) in [4.78, 5) is 12.9. The fourth-order valence-corrected chi connectivity index (χ4v) is 1.96. The van der Waals surface area contributed by atoms with Gasteiger partial charge in [0.25, 0.3) is 0 Å². The first-order valence-electron chi connectivity index (χ1n) is 6.66. The highest BCUT2D eigenvalue weighted by Gasteiger charge is 2.17. The van der Waals surface area contributed by atoms with E-state index < -0.39 is 0 Å². The predicted molar refractivity (Wildman–Crippen MR) is 73.9 cm³/mol. The molecule has 0 radical (unpaired) electrons. The summed E-state index contributed by atoms with van der Waals surface area (Å²) in [5, 5.41) is 8.86. The number of rotatable bonds is 3. The maximum atomic E-state index is 8.86. The van der Waals surface area contributed by atoms with Crippen molar-refractivity contribution in [2.45, 2.75) is 20.8 Å². The maximum absolute atomic E-state index is 8.86. The van der Waals surface area contributed by atoms with Gasteiger partial charge in [-0.2, -0.15) is 0 Å². The van der Waals surface area contributed by atoms with Gasteiger partial charge >= 0.3 is 0 Å². The molecule has 0 saturated carbocycles. The first-order chi connectivity index (χ1) is 8.79. The first kappa shape index (κ1) is 14.9. The summed E-state index contributed by atoms with van der Waals surface area (Å²) in [6.07, 6.45) is 1.62. The Morgan fingerprint density at radius 3 is 2.39 bits per heavy atom. The van der Waals surface area contributed by atoms with E-state index in [1.54, 1.807) is 6.33 Å². The second-order valence-corrected chi connectivity index (χ2v) is 4.07. The van der Waals surface area contributed by atoms with E-state index in [9.17, 15) is 0 Å². The van der Waals surface area contributed by atoms with Gasteiger partial charge in [-0.05, 0) is 6.92 Å². The van der Waals surface area contributed by atoms with Crippen LogP contribution in [0.15, 0.2) is 12.4 Å². The molecule has 0 aliphatic carbocycles. The Hall–Kier alpha value is -1.20. The minimum absolute atomic E-state index is 0.243. The lowest BCUT2D eigenvalue weighted by Gasteiger charge is -2.35. The molecule has 102 valence electrons. The van der Waals surface area contributed by atoms with Gasteiger partial charge in [0.15, 0.2) is 0 Å². The van der Waals surface area contributed by atoms with Crippen molar-refractivity contribution in [3.63, 3.8) is 0 Å². The average molecular weight is 252 g/mol. The third kappa shape index (κ3) is 4.23. The second kappa shape index (κ2) is 8.00. The Morgan fingerprint density at radius 1 is 1.17 bits per heavy atom. The molecule has 1 saturated heterocycles. The van der Waals surface area contributed by atoms with Crippen LogP contribution in [0.5, 0.6) is 0 Å². The molecule has 1 fully saturated rings. The number of anilines is 1. The molecular weight excluding hydrogens is 228 g/mol. The molecule has 2 rings (SSSR count). The third-order valence-corrected chi connectivity index (χ3v) is 2.90. The van der Waals surface area contributed by atoms with Crippen LogP contribution in [-0.4, -0.2) is 59.3 Å². The number of aryl methyl sites for hydroxylation is 1. The van der Waals surface area contributed by atoms with Crippen LogP contribution < -0.4 is 4.90 Å². The average Bonchev–Trinajstić information content (AvgIpc) is 2.42. The van der Waals surface area contributed by atoms with Gasteiger partial charge in [-0.25, -0.2) is 9.97 Å². The predicted octanol–water partition coefficient (Wildman–Crippen LogP) is 0.926. The third-order valence-electron chi connectivity index (χ3n) is 2.90. The van der Waals surface area contributed by atoms with Crippen molar-refractivity contribution in [2.24, 2.45) is 0 Å². The van der Waals surface area contributed by atoms with E-state index in [0.717, 1.165) is 44.2 Å². The molecule has 5 nitrogen and oxygen atoms in total. The minimum atomic E-state index is 0.243. The van der Waals surface area contributed by atoms with Crippen molar-refractivity contribution in [1.82, 2.24) is 14.9 Å². The Balaban J connectivity index is 0.000000771. The van der Waals surface area contributed by atoms with E-state index in [-0.39, 0.29) is 6.61 Å². The zero-order valence-corrected chi connectivity index (χ0v) is 11.6. The van der Waals surface area contributed by atoms with Crippen molar-refractivity contribution in [1.29, 1.82) is 0 Å². The highest BCUT2D eigenvalue weighted by atomic mass is 16.3. The number of aliphatic hydroxyl groups excluding tert-OH is 1. The largest absolute Gasteiger partial charge is 0.395 e. The van der Waals surface area contributed by atoms with Gasteiger partial charge in [-0.15, -0.1) is 0 Å². The van der Waals surface area contributed by atoms with E-state index >= 15 is 0 Å². The number of hydrogen-bond donors (Lipinski definition) is 1. The van der Waals surface area contributed by atoms with Crippen LogP contribution in [0, 0.1) is 6.92 Å². The lowest BCUT2D eigenvalue weighted by Crippen LogP contribution is -2.47. The second-order valence-electron chi connectivity index (χ2n) is 4.07. The normalized spacial score (nSPS) is 16.1. The molecule has 0 amide bonds. The molecule has 0 atom stereocenters. The van der Waals surface area contributed by atoms with E-state index in [4.69, 9.17) is 5.11 Å². The summed E-state index contributed by atoms with van der Waals surface area (Å²) in [6.45, 7) is 10.9. The van der Waals surface area contributed by atoms with Crippen LogP contribution in [0.25, 0.3) is 0 Å². The van der Waals surface area contributed by atoms with Crippen LogP contribution in [0.3, 0.4) is 0 Å². The van der Waals surface area contributed by atoms with E-state index in [1.807, 2.05) is 26.8 Å². The molecule has 1 aromatic heterocycles. The molecule has 18 heavy (non-hydrogen) atoms. The molecule has 0 unspecified atom stereocenters. The Morgan fingerprint density at radius 2 is 1.83 bits per heavy atom. The number of piperazine rings is 1. The number of nitrogens with zero attached hydrogens (tertiary/aromatic N) is 4. The van der Waals surface area contributed by atoms with Gasteiger partial charge in [0.05, 0.1) is 6.61 Å². The van der Waals surface area contributed by atoms with Crippen molar-refractivity contribution in [3.05, 3.63) is 18.1 Å². The zero-order chi connectivity index (χ0) is 13.4. The number of aliphatic hydroxyl groups is 1. The maximum Gasteiger partial charge on any atom is 0.132 e. The minimum Gasteiger partial charge on any atom is -0.395 e. The van der Waals surface area contributed by atoms with Crippen molar-refractivity contribution in [3.8, 4) is 0 Å². The van der Waals surface area contributed by atoms with Crippen LogP contribution >= 0.6 is 0 Å². The molecule has 0 aromatic carbocycles. The Labute approximate surface area is 109 Å². The zero-order valence-electron chi connectivity index (χ0n) is 11.6. The van der Waals surface area contributed by atoms with Crippen LogP contribution in [0.2, 0.25) is 0 Å². The molecular formula is C13H24N4O. The summed E-state index contributed by atoms with van der Waals surface area (Å²) >= 11 is 0. The quantitative estimate of drug-likeness (QED) is 0.867. The fraction of sp³-hybridized carbons (Fsp3) is 0.692. The molecule has 2 heterocycles. The Kier molecular flexibility index (Phi) is 6.60. The van der Waals surface area contributed by atoms with Crippen LogP contribution in [0.4, 0.5) is 5.82 Å². The van der Waals surface area contributed by atoms with Crippen LogP contribution in [-0.2, 0) is 0 Å². The molecule has 1 aromatic rings. The van der Waals surface area contributed by atoms with Crippen LogP contribution in [0.1, 0.15) is 19.5 Å². The molecule has 1 N–H and O–H groups in total. The SMILES string of the molecule is CC.Cc1cc(N2CCN(CCO)CC2)ncn1. The lowest BCUT2D eigenvalue weighted by atomic mass is 10.3. The highest BCUT2D eigenvalue weighted by Crippen LogP contribution is 2.13. The Bertz CT molecular complexity index is 338. The summed E-state index contributed by atoms with van der Waals surface area (Å²) in [5.74, 6) is 1.01. The summed E-state index contributed by atoms with van der Waals surface area (Å²) in [7, 11) is 0. The van der Waals surface area contributed by atoms with Gasteiger partial charge < -0.3 is 10.0 Å². The summed E-state index contributed by atoms with van der Waals surface area (Å²) in [5.41, 5.74) is 1.00. The number of hydrogen-bond acceptors (Lipinski definition) is 5. The van der Waals surface area contributed by atoms with E-state index in [2.05, 4.69) is 19.8 Å². The van der Waals surface area contributed by atoms with Gasteiger partial charge in [0, 0.05) is 44.5 Å². The molecule has 0 spiro atoms. The van der Waals surface area contributed by atoms with E-state index in [0.29, 0.717) is 0 Å². The monoisotopic (exact) mass is 252 g/mol. The van der Waals surface area contributed by atoms with Gasteiger partial charge in [-0.1, -0.05) is 13.8 Å². The first-order valence-corrected chi connectivity index (χ1v) is 6.66. The van der Waals surface area contributed by atoms with Crippen molar-refractivity contribution < 1.29 is 5.11 Å². The van der Waals surface area contributed by atoms with Gasteiger partial charge in [0.1, 0.15) is 12.1 Å². The topological polar surface area (TPSA) is 52.5 Å². The van der Waals surface area contributed by atoms with E-state index in [1.165, 1.54) is 0 Å². The molecule has 0 bridgehead atoms. The summed E-state index contributed by atoms with van der Waals surface area (Å²) in [6, 6.07) is 2.02. The fourth-order valence-electron chi connectivity index (χ4n) is 1.96. The standard InChI is InChI=1S/C11H18N4O.C2H6/c1-10-8-11(13-9-12-10)15-4-2-14(3-5-15)6-7-16;1-2/h8-9,16H,2-7H2,1H3;1-2H3. The smallest absolute Gasteiger partial charge is 0.132 e. The number of β-amino-alcohol motifs (C(OH)–C–C–N with tert-alkyl or cyclic N) is 1.